The van der Waals surface area contributed by atoms with E-state index in [1.54, 1.807) is 18.2 Å². The predicted octanol–water partition coefficient (Wildman–Crippen LogP) is 2.39. The van der Waals surface area contributed by atoms with Crippen molar-refractivity contribution in [1.82, 2.24) is 0 Å². The molecule has 0 saturated carbocycles. The van der Waals surface area contributed by atoms with E-state index in [0.717, 1.165) is 6.42 Å². The van der Waals surface area contributed by atoms with Gasteiger partial charge in [-0.1, -0.05) is 20.3 Å². The molecule has 1 aromatic carbocycles. The Morgan fingerprint density at radius 3 is 2.84 bits per heavy atom. The van der Waals surface area contributed by atoms with Crippen LogP contribution in [0.5, 0.6) is 11.5 Å². The minimum Gasteiger partial charge on any atom is -0.454 e. The molecule has 2 rings (SSSR count). The highest BCUT2D eigenvalue weighted by atomic mass is 32.2. The van der Waals surface area contributed by atoms with Crippen LogP contribution in [-0.4, -0.2) is 28.3 Å². The first kappa shape index (κ1) is 14.1. The maximum Gasteiger partial charge on any atom is 0.231 e. The van der Waals surface area contributed by atoms with Crippen molar-refractivity contribution in [3.8, 4) is 11.5 Å². The van der Waals surface area contributed by atoms with E-state index in [9.17, 15) is 9.00 Å². The number of carbonyl (C=O) groups excluding carboxylic acids is 1. The van der Waals surface area contributed by atoms with Crippen molar-refractivity contribution >= 4 is 16.6 Å². The summed E-state index contributed by atoms with van der Waals surface area (Å²) in [5, 5.41) is 0. The molecule has 0 N–H and O–H groups in total. The lowest BCUT2D eigenvalue weighted by molar-refractivity contribution is 0.102. The van der Waals surface area contributed by atoms with Gasteiger partial charge < -0.3 is 9.47 Å². The topological polar surface area (TPSA) is 52.6 Å². The van der Waals surface area contributed by atoms with Gasteiger partial charge in [-0.2, -0.15) is 0 Å². The summed E-state index contributed by atoms with van der Waals surface area (Å²) in [7, 11) is -1.10. The number of ketones is 1. The van der Waals surface area contributed by atoms with Crippen LogP contribution < -0.4 is 9.47 Å². The molecule has 0 aromatic heterocycles. The summed E-state index contributed by atoms with van der Waals surface area (Å²) in [5.74, 6) is 2.15. The van der Waals surface area contributed by atoms with Crippen molar-refractivity contribution in [2.75, 3.05) is 18.3 Å². The average Bonchev–Trinajstić information content (AvgIpc) is 2.85. The molecule has 4 nitrogen and oxygen atoms in total. The van der Waals surface area contributed by atoms with Gasteiger partial charge in [0.1, 0.15) is 0 Å². The fourth-order valence-electron chi connectivity index (χ4n) is 1.79. The number of hydrogen-bond acceptors (Lipinski definition) is 4. The normalized spacial score (nSPS) is 16.1. The molecule has 5 heteroatoms. The van der Waals surface area contributed by atoms with Crippen molar-refractivity contribution in [3.63, 3.8) is 0 Å². The Hall–Kier alpha value is -1.36. The molecule has 1 heterocycles. The quantitative estimate of drug-likeness (QED) is 0.752. The Labute approximate surface area is 115 Å². The molecule has 19 heavy (non-hydrogen) atoms. The molecule has 0 bridgehead atoms. The van der Waals surface area contributed by atoms with Gasteiger partial charge in [-0.25, -0.2) is 0 Å². The van der Waals surface area contributed by atoms with Crippen molar-refractivity contribution in [1.29, 1.82) is 0 Å². The molecular weight excluding hydrogens is 264 g/mol. The SMILES string of the molecule is CCC(C)CS(=O)CC(=O)c1ccc2c(c1)OCO2. The molecular formula is C14H18O4S. The van der Waals surface area contributed by atoms with E-state index in [4.69, 9.17) is 9.47 Å². The Morgan fingerprint density at radius 1 is 1.37 bits per heavy atom. The zero-order valence-electron chi connectivity index (χ0n) is 11.2. The van der Waals surface area contributed by atoms with Gasteiger partial charge in [0, 0.05) is 22.1 Å². The fraction of sp³-hybridized carbons (Fsp3) is 0.500. The van der Waals surface area contributed by atoms with Gasteiger partial charge in [0.05, 0.1) is 5.75 Å². The van der Waals surface area contributed by atoms with Crippen LogP contribution in [0.1, 0.15) is 30.6 Å². The number of rotatable bonds is 6. The van der Waals surface area contributed by atoms with Gasteiger partial charge in [-0.05, 0) is 24.1 Å². The number of hydrogen-bond donors (Lipinski definition) is 0. The second-order valence-corrected chi connectivity index (χ2v) is 6.26. The Morgan fingerprint density at radius 2 is 2.11 bits per heavy atom. The number of fused-ring (bicyclic) bond motifs is 1. The van der Waals surface area contributed by atoms with Crippen LogP contribution in [0.2, 0.25) is 0 Å². The highest BCUT2D eigenvalue weighted by Gasteiger charge is 2.18. The standard InChI is InChI=1S/C14H18O4S/c1-3-10(2)7-19(16)8-12(15)11-4-5-13-14(6-11)18-9-17-13/h4-6,10H,3,7-9H2,1-2H3. The molecule has 104 valence electrons. The molecule has 0 saturated heterocycles. The zero-order valence-corrected chi connectivity index (χ0v) is 12.0. The van der Waals surface area contributed by atoms with E-state index in [0.29, 0.717) is 28.7 Å². The van der Waals surface area contributed by atoms with Crippen LogP contribution in [0, 0.1) is 5.92 Å². The van der Waals surface area contributed by atoms with Crippen molar-refractivity contribution in [3.05, 3.63) is 23.8 Å². The van der Waals surface area contributed by atoms with E-state index in [1.165, 1.54) is 0 Å². The molecule has 2 unspecified atom stereocenters. The fourth-order valence-corrected chi connectivity index (χ4v) is 3.24. The second-order valence-electron chi connectivity index (χ2n) is 4.76. The van der Waals surface area contributed by atoms with Gasteiger partial charge in [0.25, 0.3) is 0 Å². The van der Waals surface area contributed by atoms with Crippen LogP contribution in [0.4, 0.5) is 0 Å². The Bertz CT molecular complexity index is 498. The van der Waals surface area contributed by atoms with Crippen LogP contribution in [0.15, 0.2) is 18.2 Å². The smallest absolute Gasteiger partial charge is 0.231 e. The van der Waals surface area contributed by atoms with Crippen LogP contribution in [0.3, 0.4) is 0 Å². The van der Waals surface area contributed by atoms with E-state index in [-0.39, 0.29) is 18.3 Å². The third kappa shape index (κ3) is 3.56. The predicted molar refractivity (Wildman–Crippen MR) is 74.2 cm³/mol. The molecule has 2 atom stereocenters. The average molecular weight is 282 g/mol. The highest BCUT2D eigenvalue weighted by Crippen LogP contribution is 2.32. The Kier molecular flexibility index (Phi) is 4.58. The summed E-state index contributed by atoms with van der Waals surface area (Å²) in [6, 6.07) is 5.06. The summed E-state index contributed by atoms with van der Waals surface area (Å²) >= 11 is 0. The van der Waals surface area contributed by atoms with Gasteiger partial charge in [-0.3, -0.25) is 9.00 Å². The van der Waals surface area contributed by atoms with Gasteiger partial charge in [0.15, 0.2) is 17.3 Å². The van der Waals surface area contributed by atoms with Crippen molar-refractivity contribution in [2.45, 2.75) is 20.3 Å². The number of Topliss-reactive ketones (excluding diaryl/α,β-unsaturated/α-hetero) is 1. The first-order valence-electron chi connectivity index (χ1n) is 6.38. The second kappa shape index (κ2) is 6.19. The van der Waals surface area contributed by atoms with Crippen LogP contribution in [0.25, 0.3) is 0 Å². The van der Waals surface area contributed by atoms with E-state index in [2.05, 4.69) is 6.92 Å². The first-order chi connectivity index (χ1) is 9.10. The van der Waals surface area contributed by atoms with Crippen LogP contribution in [-0.2, 0) is 10.8 Å². The number of carbonyl (C=O) groups is 1. The zero-order chi connectivity index (χ0) is 13.8. The van der Waals surface area contributed by atoms with E-state index < -0.39 is 10.8 Å². The van der Waals surface area contributed by atoms with Crippen molar-refractivity contribution < 1.29 is 18.5 Å². The summed E-state index contributed by atoms with van der Waals surface area (Å²) in [4.78, 5) is 12.0. The molecule has 0 spiro atoms. The lowest BCUT2D eigenvalue weighted by Gasteiger charge is -2.07. The Balaban J connectivity index is 1.98. The minimum atomic E-state index is -1.10. The van der Waals surface area contributed by atoms with Crippen molar-refractivity contribution in [2.24, 2.45) is 5.92 Å². The molecule has 1 aromatic rings. The maximum atomic E-state index is 12.0. The summed E-state index contributed by atoms with van der Waals surface area (Å²) < 4.78 is 22.3. The molecule has 0 amide bonds. The summed E-state index contributed by atoms with van der Waals surface area (Å²) in [5.41, 5.74) is 0.529. The molecule has 1 aliphatic rings. The van der Waals surface area contributed by atoms with Gasteiger partial charge >= 0.3 is 0 Å². The first-order valence-corrected chi connectivity index (χ1v) is 7.86. The van der Waals surface area contributed by atoms with Crippen LogP contribution >= 0.6 is 0 Å². The minimum absolute atomic E-state index is 0.0734. The maximum absolute atomic E-state index is 12.0. The molecule has 0 aliphatic carbocycles. The highest BCUT2D eigenvalue weighted by molar-refractivity contribution is 7.85. The van der Waals surface area contributed by atoms with E-state index >= 15 is 0 Å². The van der Waals surface area contributed by atoms with Gasteiger partial charge in [-0.15, -0.1) is 0 Å². The largest absolute Gasteiger partial charge is 0.454 e. The van der Waals surface area contributed by atoms with Gasteiger partial charge in [0.2, 0.25) is 6.79 Å². The lowest BCUT2D eigenvalue weighted by Crippen LogP contribution is -2.16. The monoisotopic (exact) mass is 282 g/mol. The van der Waals surface area contributed by atoms with E-state index in [1.807, 2.05) is 6.92 Å². The third-order valence-corrected chi connectivity index (χ3v) is 4.68. The molecule has 0 radical (unpaired) electrons. The molecule has 1 aliphatic heterocycles. The lowest BCUT2D eigenvalue weighted by atomic mass is 10.1. The third-order valence-electron chi connectivity index (χ3n) is 3.15. The summed E-state index contributed by atoms with van der Waals surface area (Å²) in [6.07, 6.45) is 0.976. The summed E-state index contributed by atoms with van der Waals surface area (Å²) in [6.45, 7) is 4.29. The molecule has 0 fully saturated rings. The number of benzene rings is 1. The number of ether oxygens (including phenoxy) is 2.